The summed E-state index contributed by atoms with van der Waals surface area (Å²) in [6.07, 6.45) is -0.813. The van der Waals surface area contributed by atoms with Gasteiger partial charge in [-0.05, 0) is 51.1 Å². The molecule has 2 aliphatic heterocycles. The van der Waals surface area contributed by atoms with Crippen molar-refractivity contribution >= 4 is 27.5 Å². The summed E-state index contributed by atoms with van der Waals surface area (Å²) in [4.78, 5) is 14.9. The van der Waals surface area contributed by atoms with Crippen molar-refractivity contribution in [3.8, 4) is 11.5 Å². The molecule has 10 heteroatoms. The second-order valence-electron chi connectivity index (χ2n) is 8.57. The first-order chi connectivity index (χ1) is 16.2. The smallest absolute Gasteiger partial charge is 0.254 e. The van der Waals surface area contributed by atoms with Gasteiger partial charge in [-0.15, -0.1) is 0 Å². The maximum atomic E-state index is 13.4. The zero-order valence-electron chi connectivity index (χ0n) is 19.4. The van der Waals surface area contributed by atoms with Gasteiger partial charge in [0.15, 0.2) is 17.6 Å². The molecule has 0 spiro atoms. The van der Waals surface area contributed by atoms with Gasteiger partial charge in [0.25, 0.3) is 5.91 Å². The molecule has 0 aromatic heterocycles. The van der Waals surface area contributed by atoms with Crippen molar-refractivity contribution in [1.29, 1.82) is 0 Å². The van der Waals surface area contributed by atoms with Crippen molar-refractivity contribution in [3.63, 3.8) is 0 Å². The van der Waals surface area contributed by atoms with Gasteiger partial charge in [-0.25, -0.2) is 8.42 Å². The van der Waals surface area contributed by atoms with Gasteiger partial charge >= 0.3 is 0 Å². The molecule has 1 amide bonds. The molecule has 2 aromatic rings. The number of morpholine rings is 1. The molecule has 8 nitrogen and oxygen atoms in total. The van der Waals surface area contributed by atoms with Gasteiger partial charge in [-0.1, -0.05) is 23.7 Å². The number of likely N-dealkylation sites (N-methyl/N-ethyl adjacent to an activating group) is 1. The number of benzene rings is 2. The first kappa shape index (κ1) is 24.8. The molecule has 2 heterocycles. The quantitative estimate of drug-likeness (QED) is 0.594. The number of halogens is 1. The van der Waals surface area contributed by atoms with Crippen molar-refractivity contribution in [2.75, 3.05) is 32.8 Å². The molecule has 34 heavy (non-hydrogen) atoms. The van der Waals surface area contributed by atoms with Crippen LogP contribution < -0.4 is 9.47 Å². The van der Waals surface area contributed by atoms with Crippen LogP contribution in [0.2, 0.25) is 5.02 Å². The number of para-hydroxylation sites is 2. The van der Waals surface area contributed by atoms with Gasteiger partial charge in [0.05, 0.1) is 23.8 Å². The third-order valence-corrected chi connectivity index (χ3v) is 8.16. The second-order valence-corrected chi connectivity index (χ2v) is 10.9. The largest absolute Gasteiger partial charge is 0.486 e. The van der Waals surface area contributed by atoms with Crippen LogP contribution in [0.5, 0.6) is 11.5 Å². The lowest BCUT2D eigenvalue weighted by Crippen LogP contribution is -2.48. The Kier molecular flexibility index (Phi) is 7.37. The molecule has 0 saturated carbocycles. The summed E-state index contributed by atoms with van der Waals surface area (Å²) in [7, 11) is -3.90. The normalized spacial score (nSPS) is 22.9. The summed E-state index contributed by atoms with van der Waals surface area (Å²) in [6, 6.07) is 11.8. The van der Waals surface area contributed by atoms with E-state index >= 15 is 0 Å². The summed E-state index contributed by atoms with van der Waals surface area (Å²) in [5.74, 6) is 1.00. The van der Waals surface area contributed by atoms with Crippen LogP contribution in [0.25, 0.3) is 0 Å². The Morgan fingerprint density at radius 3 is 2.47 bits per heavy atom. The fourth-order valence-electron chi connectivity index (χ4n) is 4.24. The fraction of sp³-hybridized carbons (Fsp3) is 0.458. The standard InChI is InChI=1S/C24H29ClN2O6S/c1-4-26(14-19-15-31-21-7-5-6-8-22(21)33-19)24(28)18-9-10-20(25)23(11-18)34(29,30)27-12-16(2)32-17(3)13-27/h5-11,16-17,19H,4,12-15H2,1-3H3/t16-,17+,19-/m1/s1. The number of ether oxygens (including phenoxy) is 3. The van der Waals surface area contributed by atoms with E-state index in [1.807, 2.05) is 45.0 Å². The van der Waals surface area contributed by atoms with Crippen molar-refractivity contribution in [3.05, 3.63) is 53.1 Å². The molecule has 0 radical (unpaired) electrons. The maximum Gasteiger partial charge on any atom is 0.254 e. The number of rotatable bonds is 6. The minimum Gasteiger partial charge on any atom is -0.486 e. The molecular weight excluding hydrogens is 480 g/mol. The van der Waals surface area contributed by atoms with Crippen LogP contribution in [-0.2, 0) is 14.8 Å². The first-order valence-electron chi connectivity index (χ1n) is 11.3. The van der Waals surface area contributed by atoms with Crippen molar-refractivity contribution < 1.29 is 27.4 Å². The van der Waals surface area contributed by atoms with E-state index in [9.17, 15) is 13.2 Å². The molecule has 0 aliphatic carbocycles. The Morgan fingerprint density at radius 2 is 1.79 bits per heavy atom. The monoisotopic (exact) mass is 508 g/mol. The Balaban J connectivity index is 1.53. The highest BCUT2D eigenvalue weighted by molar-refractivity contribution is 7.89. The maximum absolute atomic E-state index is 13.4. The lowest BCUT2D eigenvalue weighted by Gasteiger charge is -2.34. The number of carbonyl (C=O) groups excluding carboxylic acids is 1. The lowest BCUT2D eigenvalue weighted by molar-refractivity contribution is -0.0440. The summed E-state index contributed by atoms with van der Waals surface area (Å²) >= 11 is 6.30. The Hall–Kier alpha value is -2.33. The van der Waals surface area contributed by atoms with E-state index < -0.39 is 10.0 Å². The van der Waals surface area contributed by atoms with Gasteiger partial charge in [0.2, 0.25) is 10.0 Å². The zero-order chi connectivity index (χ0) is 24.5. The number of hydrogen-bond acceptors (Lipinski definition) is 6. The highest BCUT2D eigenvalue weighted by atomic mass is 35.5. The van der Waals surface area contributed by atoms with E-state index in [2.05, 4.69) is 0 Å². The third-order valence-electron chi connectivity index (χ3n) is 5.84. The van der Waals surface area contributed by atoms with Gasteiger partial charge in [-0.3, -0.25) is 4.79 Å². The van der Waals surface area contributed by atoms with Gasteiger partial charge in [0, 0.05) is 25.2 Å². The predicted molar refractivity (Wildman–Crippen MR) is 128 cm³/mol. The topological polar surface area (TPSA) is 85.4 Å². The minimum atomic E-state index is -3.90. The van der Waals surface area contributed by atoms with E-state index in [1.54, 1.807) is 11.0 Å². The molecule has 2 aliphatic rings. The molecule has 1 fully saturated rings. The molecule has 0 N–H and O–H groups in total. The van der Waals surface area contributed by atoms with Crippen molar-refractivity contribution in [1.82, 2.24) is 9.21 Å². The predicted octanol–water partition coefficient (Wildman–Crippen LogP) is 3.44. The number of hydrogen-bond donors (Lipinski definition) is 0. The number of nitrogens with zero attached hydrogens (tertiary/aromatic N) is 2. The molecule has 0 bridgehead atoms. The summed E-state index contributed by atoms with van der Waals surface area (Å²) < 4.78 is 45.5. The molecule has 1 saturated heterocycles. The number of carbonyl (C=O) groups is 1. The van der Waals surface area contributed by atoms with E-state index in [4.69, 9.17) is 25.8 Å². The van der Waals surface area contributed by atoms with Gasteiger partial charge in [-0.2, -0.15) is 4.31 Å². The van der Waals surface area contributed by atoms with Crippen LogP contribution >= 0.6 is 11.6 Å². The number of amides is 1. The summed E-state index contributed by atoms with van der Waals surface area (Å²) in [5, 5.41) is 0.0759. The Labute approximate surface area is 205 Å². The minimum absolute atomic E-state index is 0.0759. The molecule has 3 atom stereocenters. The number of sulfonamides is 1. The van der Waals surface area contributed by atoms with Crippen LogP contribution in [0.3, 0.4) is 0 Å². The highest BCUT2D eigenvalue weighted by Crippen LogP contribution is 2.32. The summed E-state index contributed by atoms with van der Waals surface area (Å²) in [6.45, 7) is 7.00. The van der Waals surface area contributed by atoms with E-state index in [-0.39, 0.29) is 52.8 Å². The van der Waals surface area contributed by atoms with Crippen LogP contribution in [0, 0.1) is 0 Å². The molecule has 2 aromatic carbocycles. The fourth-order valence-corrected chi connectivity index (χ4v) is 6.33. The molecule has 0 unspecified atom stereocenters. The highest BCUT2D eigenvalue weighted by Gasteiger charge is 2.34. The van der Waals surface area contributed by atoms with Crippen molar-refractivity contribution in [2.45, 2.75) is 44.0 Å². The first-order valence-corrected chi connectivity index (χ1v) is 13.1. The molecular formula is C24H29ClN2O6S. The van der Waals surface area contributed by atoms with Crippen molar-refractivity contribution in [2.24, 2.45) is 0 Å². The third kappa shape index (κ3) is 5.17. The zero-order valence-corrected chi connectivity index (χ0v) is 21.0. The van der Waals surface area contributed by atoms with Gasteiger partial charge in [0.1, 0.15) is 11.5 Å². The molecule has 184 valence electrons. The second kappa shape index (κ2) is 10.1. The number of fused-ring (bicyclic) bond motifs is 1. The van der Waals surface area contributed by atoms with E-state index in [0.29, 0.717) is 31.2 Å². The Morgan fingerprint density at radius 1 is 1.12 bits per heavy atom. The summed E-state index contributed by atoms with van der Waals surface area (Å²) in [5.41, 5.74) is 0.247. The Bertz CT molecular complexity index is 1150. The SMILES string of the molecule is CCN(C[C@@H]1COc2ccccc2O1)C(=O)c1ccc(Cl)c(S(=O)(=O)N2C[C@@H](C)O[C@@H](C)C2)c1. The van der Waals surface area contributed by atoms with Crippen LogP contribution in [0.1, 0.15) is 31.1 Å². The van der Waals surface area contributed by atoms with E-state index in [0.717, 1.165) is 0 Å². The average molecular weight is 509 g/mol. The molecule has 4 rings (SSSR count). The van der Waals surface area contributed by atoms with Gasteiger partial charge < -0.3 is 19.1 Å². The van der Waals surface area contributed by atoms with E-state index in [1.165, 1.54) is 16.4 Å². The van der Waals surface area contributed by atoms with Crippen LogP contribution in [0.4, 0.5) is 0 Å². The average Bonchev–Trinajstić information content (AvgIpc) is 2.81. The van der Waals surface area contributed by atoms with Crippen LogP contribution in [-0.4, -0.2) is 74.6 Å². The van der Waals surface area contributed by atoms with Crippen LogP contribution in [0.15, 0.2) is 47.4 Å². The lowest BCUT2D eigenvalue weighted by atomic mass is 10.2.